The van der Waals surface area contributed by atoms with Crippen molar-refractivity contribution in [1.82, 2.24) is 4.90 Å². The Bertz CT molecular complexity index is 692. The van der Waals surface area contributed by atoms with Gasteiger partial charge in [-0.15, -0.1) is 0 Å². The summed E-state index contributed by atoms with van der Waals surface area (Å²) in [6.07, 6.45) is 0.462. The lowest BCUT2D eigenvalue weighted by Gasteiger charge is -2.16. The second kappa shape index (κ2) is 5.46. The van der Waals surface area contributed by atoms with E-state index < -0.39 is 0 Å². The van der Waals surface area contributed by atoms with Gasteiger partial charge in [0.2, 0.25) is 0 Å². The van der Waals surface area contributed by atoms with Crippen LogP contribution in [0.2, 0.25) is 0 Å². The van der Waals surface area contributed by atoms with Crippen molar-refractivity contribution in [3.05, 3.63) is 34.0 Å². The maximum atomic E-state index is 12.6. The molecule has 2 heterocycles. The number of aliphatic hydroxyl groups is 1. The Labute approximate surface area is 131 Å². The van der Waals surface area contributed by atoms with E-state index in [1.807, 2.05) is 25.1 Å². The van der Waals surface area contributed by atoms with Crippen LogP contribution in [0.4, 0.5) is 0 Å². The normalized spacial score (nSPS) is 20.2. The fraction of sp³-hybridized carbons (Fsp3) is 0.438. The third-order valence-electron chi connectivity index (χ3n) is 4.29. The van der Waals surface area contributed by atoms with Gasteiger partial charge in [-0.3, -0.25) is 4.79 Å². The van der Waals surface area contributed by atoms with E-state index in [1.165, 1.54) is 0 Å². The number of fused-ring (bicyclic) bond motifs is 1. The molecule has 1 N–H and O–H groups in total. The molecule has 1 aliphatic rings. The Balaban J connectivity index is 1.90. The number of nitrogens with zero attached hydrogens (tertiary/aromatic N) is 1. The smallest absolute Gasteiger partial charge is 0.289 e. The molecule has 0 spiro atoms. The van der Waals surface area contributed by atoms with Gasteiger partial charge in [0.05, 0.1) is 6.10 Å². The zero-order valence-corrected chi connectivity index (χ0v) is 13.7. The fourth-order valence-corrected chi connectivity index (χ4v) is 3.27. The van der Waals surface area contributed by atoms with E-state index in [-0.39, 0.29) is 17.9 Å². The van der Waals surface area contributed by atoms with Crippen LogP contribution >= 0.6 is 15.9 Å². The van der Waals surface area contributed by atoms with Crippen molar-refractivity contribution in [1.29, 1.82) is 0 Å². The Morgan fingerprint density at radius 3 is 2.95 bits per heavy atom. The first kappa shape index (κ1) is 14.6. The molecule has 1 aromatic heterocycles. The minimum atomic E-state index is -0.379. The predicted octanol–water partition coefficient (Wildman–Crippen LogP) is 3.35. The number of likely N-dealkylation sites (tertiary alicyclic amines) is 1. The summed E-state index contributed by atoms with van der Waals surface area (Å²) >= 11 is 3.44. The van der Waals surface area contributed by atoms with Crippen LogP contribution < -0.4 is 0 Å². The number of carbonyl (C=O) groups excluding carboxylic acids is 1. The average Bonchev–Trinajstić information content (AvgIpc) is 3.04. The quantitative estimate of drug-likeness (QED) is 0.902. The highest BCUT2D eigenvalue weighted by Crippen LogP contribution is 2.30. The van der Waals surface area contributed by atoms with E-state index in [4.69, 9.17) is 4.42 Å². The summed E-state index contributed by atoms with van der Waals surface area (Å²) in [6.45, 7) is 4.96. The number of amides is 1. The van der Waals surface area contributed by atoms with Crippen molar-refractivity contribution in [2.75, 3.05) is 13.1 Å². The third-order valence-corrected chi connectivity index (χ3v) is 4.78. The molecule has 1 amide bonds. The first-order chi connectivity index (χ1) is 9.97. The number of benzene rings is 1. The fourth-order valence-electron chi connectivity index (χ4n) is 2.91. The van der Waals surface area contributed by atoms with Crippen LogP contribution in [0.25, 0.3) is 11.0 Å². The minimum Gasteiger partial charge on any atom is -0.451 e. The molecule has 21 heavy (non-hydrogen) atoms. The highest BCUT2D eigenvalue weighted by Gasteiger charge is 2.32. The molecule has 112 valence electrons. The summed E-state index contributed by atoms with van der Waals surface area (Å²) in [5, 5.41) is 10.6. The maximum Gasteiger partial charge on any atom is 0.289 e. The molecule has 1 aliphatic heterocycles. The van der Waals surface area contributed by atoms with E-state index in [2.05, 4.69) is 15.9 Å². The van der Waals surface area contributed by atoms with Gasteiger partial charge in [0.25, 0.3) is 5.91 Å². The lowest BCUT2D eigenvalue weighted by molar-refractivity contribution is 0.0733. The van der Waals surface area contributed by atoms with Gasteiger partial charge in [-0.25, -0.2) is 0 Å². The van der Waals surface area contributed by atoms with Gasteiger partial charge in [-0.2, -0.15) is 0 Å². The zero-order valence-electron chi connectivity index (χ0n) is 12.1. The summed E-state index contributed by atoms with van der Waals surface area (Å²) in [6, 6.07) is 5.73. The van der Waals surface area contributed by atoms with Crippen molar-refractivity contribution < 1.29 is 14.3 Å². The monoisotopic (exact) mass is 351 g/mol. The van der Waals surface area contributed by atoms with Crippen LogP contribution in [-0.2, 0) is 0 Å². The molecule has 0 saturated carbocycles. The lowest BCUT2D eigenvalue weighted by atomic mass is 10.0. The number of furan rings is 1. The van der Waals surface area contributed by atoms with Gasteiger partial charge in [-0.1, -0.05) is 15.9 Å². The van der Waals surface area contributed by atoms with Gasteiger partial charge in [0.1, 0.15) is 5.58 Å². The zero-order chi connectivity index (χ0) is 15.1. The first-order valence-electron chi connectivity index (χ1n) is 7.13. The Hall–Kier alpha value is -1.33. The standard InChI is InChI=1S/C16H18BrNO3/c1-9-13-7-12(17)3-4-14(13)21-15(9)16(20)18-6-5-11(8-18)10(2)19/h3-4,7,10-11,19H,5-6,8H2,1-2H3. The topological polar surface area (TPSA) is 53.7 Å². The van der Waals surface area contributed by atoms with Gasteiger partial charge < -0.3 is 14.4 Å². The molecule has 0 radical (unpaired) electrons. The molecule has 0 bridgehead atoms. The molecule has 0 aliphatic carbocycles. The summed E-state index contributed by atoms with van der Waals surface area (Å²) < 4.78 is 6.72. The van der Waals surface area contributed by atoms with Crippen molar-refractivity contribution in [3.8, 4) is 0 Å². The van der Waals surface area contributed by atoms with Crippen LogP contribution in [0.15, 0.2) is 27.1 Å². The minimum absolute atomic E-state index is 0.0806. The number of aryl methyl sites for hydroxylation is 1. The SMILES string of the molecule is Cc1c(C(=O)N2CCC(C(C)O)C2)oc2ccc(Br)cc12. The molecule has 3 rings (SSSR count). The van der Waals surface area contributed by atoms with Crippen LogP contribution in [0.5, 0.6) is 0 Å². The maximum absolute atomic E-state index is 12.6. The third kappa shape index (κ3) is 2.60. The van der Waals surface area contributed by atoms with Crippen LogP contribution in [0, 0.1) is 12.8 Å². The Kier molecular flexibility index (Phi) is 3.80. The van der Waals surface area contributed by atoms with Crippen molar-refractivity contribution >= 4 is 32.8 Å². The Morgan fingerprint density at radius 1 is 1.52 bits per heavy atom. The highest BCUT2D eigenvalue weighted by atomic mass is 79.9. The number of aliphatic hydroxyl groups excluding tert-OH is 1. The van der Waals surface area contributed by atoms with Crippen molar-refractivity contribution in [2.24, 2.45) is 5.92 Å². The molecule has 1 saturated heterocycles. The summed E-state index contributed by atoms with van der Waals surface area (Å²) in [7, 11) is 0. The van der Waals surface area contributed by atoms with Crippen LogP contribution in [0.3, 0.4) is 0 Å². The molecule has 1 fully saturated rings. The predicted molar refractivity (Wildman–Crippen MR) is 84.3 cm³/mol. The Morgan fingerprint density at radius 2 is 2.29 bits per heavy atom. The van der Waals surface area contributed by atoms with Crippen LogP contribution in [-0.4, -0.2) is 35.1 Å². The molecular formula is C16H18BrNO3. The van der Waals surface area contributed by atoms with E-state index in [0.29, 0.717) is 18.8 Å². The molecule has 2 aromatic rings. The van der Waals surface area contributed by atoms with E-state index in [0.717, 1.165) is 27.4 Å². The number of hydrogen-bond donors (Lipinski definition) is 1. The van der Waals surface area contributed by atoms with E-state index in [1.54, 1.807) is 11.8 Å². The van der Waals surface area contributed by atoms with Crippen molar-refractivity contribution in [2.45, 2.75) is 26.4 Å². The second-order valence-electron chi connectivity index (χ2n) is 5.74. The molecule has 2 unspecified atom stereocenters. The van der Waals surface area contributed by atoms with Gasteiger partial charge in [0.15, 0.2) is 5.76 Å². The number of rotatable bonds is 2. The average molecular weight is 352 g/mol. The largest absolute Gasteiger partial charge is 0.451 e. The molecule has 5 heteroatoms. The van der Waals surface area contributed by atoms with E-state index >= 15 is 0 Å². The van der Waals surface area contributed by atoms with Gasteiger partial charge in [-0.05, 0) is 38.5 Å². The van der Waals surface area contributed by atoms with Crippen molar-refractivity contribution in [3.63, 3.8) is 0 Å². The first-order valence-corrected chi connectivity index (χ1v) is 7.92. The van der Waals surface area contributed by atoms with Gasteiger partial charge >= 0.3 is 0 Å². The van der Waals surface area contributed by atoms with Gasteiger partial charge in [0, 0.05) is 34.4 Å². The summed E-state index contributed by atoms with van der Waals surface area (Å²) in [5.41, 5.74) is 1.60. The lowest BCUT2D eigenvalue weighted by Crippen LogP contribution is -2.30. The highest BCUT2D eigenvalue weighted by molar-refractivity contribution is 9.10. The second-order valence-corrected chi connectivity index (χ2v) is 6.65. The number of hydrogen-bond acceptors (Lipinski definition) is 3. The van der Waals surface area contributed by atoms with E-state index in [9.17, 15) is 9.90 Å². The number of halogens is 1. The molecule has 2 atom stereocenters. The molecule has 1 aromatic carbocycles. The summed E-state index contributed by atoms with van der Waals surface area (Å²) in [4.78, 5) is 14.4. The summed E-state index contributed by atoms with van der Waals surface area (Å²) in [5.74, 6) is 0.491. The molecular weight excluding hydrogens is 334 g/mol. The molecule has 4 nitrogen and oxygen atoms in total. The van der Waals surface area contributed by atoms with Crippen LogP contribution in [0.1, 0.15) is 29.5 Å². The number of carbonyl (C=O) groups is 1.